The molecule has 9 heteroatoms. The molecule has 4 heterocycles. The van der Waals surface area contributed by atoms with Crippen LogP contribution in [0.1, 0.15) is 18.9 Å². The fraction of sp³-hybridized carbons (Fsp3) is 0.522. The zero-order valence-corrected chi connectivity index (χ0v) is 19.0. The number of aliphatic imine (C=N–C) groups is 1. The molecule has 0 amide bonds. The Morgan fingerprint density at radius 2 is 1.97 bits per heavy atom. The summed E-state index contributed by atoms with van der Waals surface area (Å²) in [6, 6.07) is 7.43. The fourth-order valence-electron chi connectivity index (χ4n) is 4.13. The lowest BCUT2D eigenvalue weighted by Gasteiger charge is -2.33. The molecule has 0 saturated carbocycles. The molecule has 32 heavy (non-hydrogen) atoms. The maximum absolute atomic E-state index is 14.1. The number of nitrogens with one attached hydrogen (secondary N) is 2. The van der Waals surface area contributed by atoms with Crippen molar-refractivity contribution >= 4 is 17.6 Å². The minimum Gasteiger partial charge on any atom is -0.357 e. The van der Waals surface area contributed by atoms with E-state index in [2.05, 4.69) is 50.4 Å². The topological polar surface area (TPSA) is 71.9 Å². The maximum Gasteiger partial charge on any atom is 0.191 e. The number of rotatable bonds is 6. The number of halogens is 1. The molecule has 0 aliphatic carbocycles. The van der Waals surface area contributed by atoms with Gasteiger partial charge < -0.3 is 25.3 Å². The Morgan fingerprint density at radius 1 is 1.12 bits per heavy atom. The monoisotopic (exact) mass is 440 g/mol. The van der Waals surface area contributed by atoms with Crippen LogP contribution in [0.5, 0.6) is 0 Å². The van der Waals surface area contributed by atoms with E-state index >= 15 is 0 Å². The summed E-state index contributed by atoms with van der Waals surface area (Å²) in [7, 11) is 2.15. The van der Waals surface area contributed by atoms with Gasteiger partial charge in [-0.3, -0.25) is 0 Å². The van der Waals surface area contributed by atoms with Gasteiger partial charge in [-0.05, 0) is 50.2 Å². The number of aromatic nitrogens is 2. The fourth-order valence-corrected chi connectivity index (χ4v) is 4.13. The highest BCUT2D eigenvalue weighted by atomic mass is 19.1. The number of hydrogen-bond donors (Lipinski definition) is 2. The molecule has 1 unspecified atom stereocenters. The van der Waals surface area contributed by atoms with Gasteiger partial charge in [0.15, 0.2) is 17.6 Å². The third-order valence-electron chi connectivity index (χ3n) is 5.97. The number of likely N-dealkylation sites (N-methyl/N-ethyl adjacent to an activating group) is 1. The molecule has 0 bridgehead atoms. The molecule has 2 aromatic rings. The Hall–Kier alpha value is -2.94. The summed E-state index contributed by atoms with van der Waals surface area (Å²) < 4.78 is 14.1. The molecule has 4 rings (SSSR count). The quantitative estimate of drug-likeness (QED) is 0.523. The highest BCUT2D eigenvalue weighted by Gasteiger charge is 2.26. The summed E-state index contributed by atoms with van der Waals surface area (Å²) in [5, 5.41) is 6.83. The van der Waals surface area contributed by atoms with Crippen LogP contribution in [0.2, 0.25) is 0 Å². The van der Waals surface area contributed by atoms with E-state index in [1.807, 2.05) is 17.2 Å². The second-order valence-electron chi connectivity index (χ2n) is 8.39. The number of nitrogens with zero attached hydrogens (tertiary/aromatic N) is 6. The van der Waals surface area contributed by atoms with Crippen LogP contribution in [-0.4, -0.2) is 79.7 Å². The third kappa shape index (κ3) is 5.64. The lowest BCUT2D eigenvalue weighted by atomic mass is 10.2. The molecular weight excluding hydrogens is 407 g/mol. The van der Waals surface area contributed by atoms with Gasteiger partial charge in [0.25, 0.3) is 0 Å². The molecule has 2 aliphatic heterocycles. The molecule has 2 N–H and O–H groups in total. The van der Waals surface area contributed by atoms with Crippen LogP contribution in [-0.2, 0) is 6.54 Å². The summed E-state index contributed by atoms with van der Waals surface area (Å²) in [5.41, 5.74) is 1.13. The van der Waals surface area contributed by atoms with Gasteiger partial charge in [-0.15, -0.1) is 0 Å². The molecule has 2 saturated heterocycles. The zero-order valence-electron chi connectivity index (χ0n) is 19.0. The van der Waals surface area contributed by atoms with Gasteiger partial charge in [-0.2, -0.15) is 0 Å². The number of pyridine rings is 2. The minimum atomic E-state index is -0.275. The SMILES string of the molecule is CCNC(=NCc1ccnc(N2CCN(C)CC2)c1)NC1CCN(c2ncccc2F)C1. The van der Waals surface area contributed by atoms with E-state index < -0.39 is 0 Å². The lowest BCUT2D eigenvalue weighted by Crippen LogP contribution is -2.45. The van der Waals surface area contributed by atoms with Gasteiger partial charge in [0, 0.05) is 64.2 Å². The summed E-state index contributed by atoms with van der Waals surface area (Å²) >= 11 is 0. The molecular formula is C23H33FN8. The summed E-state index contributed by atoms with van der Waals surface area (Å²) in [6.45, 7) is 8.97. The number of hydrogen-bond acceptors (Lipinski definition) is 6. The molecule has 1 atom stereocenters. The number of anilines is 2. The normalized spacial score (nSPS) is 20.0. The Labute approximate surface area is 189 Å². The minimum absolute atomic E-state index is 0.188. The van der Waals surface area contributed by atoms with Crippen molar-refractivity contribution in [2.75, 3.05) is 62.7 Å². The summed E-state index contributed by atoms with van der Waals surface area (Å²) in [4.78, 5) is 20.2. The van der Waals surface area contributed by atoms with E-state index in [0.717, 1.165) is 63.0 Å². The molecule has 0 aromatic carbocycles. The first-order chi connectivity index (χ1) is 15.6. The highest BCUT2D eigenvalue weighted by Crippen LogP contribution is 2.21. The van der Waals surface area contributed by atoms with Crippen LogP contribution in [0, 0.1) is 5.82 Å². The Balaban J connectivity index is 1.36. The Morgan fingerprint density at radius 3 is 2.75 bits per heavy atom. The molecule has 172 valence electrons. The zero-order chi connectivity index (χ0) is 22.3. The molecule has 8 nitrogen and oxygen atoms in total. The predicted octanol–water partition coefficient (Wildman–Crippen LogP) is 1.70. The molecule has 2 fully saturated rings. The van der Waals surface area contributed by atoms with E-state index in [1.54, 1.807) is 12.3 Å². The largest absolute Gasteiger partial charge is 0.357 e. The van der Waals surface area contributed by atoms with Crippen molar-refractivity contribution in [3.8, 4) is 0 Å². The Kier molecular flexibility index (Phi) is 7.36. The van der Waals surface area contributed by atoms with E-state index in [0.29, 0.717) is 18.9 Å². The van der Waals surface area contributed by atoms with Crippen LogP contribution in [0.4, 0.5) is 16.0 Å². The van der Waals surface area contributed by atoms with Gasteiger partial charge in [0.05, 0.1) is 6.54 Å². The van der Waals surface area contributed by atoms with Gasteiger partial charge in [0.2, 0.25) is 0 Å². The van der Waals surface area contributed by atoms with Crippen molar-refractivity contribution in [3.63, 3.8) is 0 Å². The van der Waals surface area contributed by atoms with Crippen LogP contribution in [0.3, 0.4) is 0 Å². The van der Waals surface area contributed by atoms with Crippen LogP contribution in [0.15, 0.2) is 41.7 Å². The van der Waals surface area contributed by atoms with Crippen molar-refractivity contribution < 1.29 is 4.39 Å². The second-order valence-corrected chi connectivity index (χ2v) is 8.39. The third-order valence-corrected chi connectivity index (χ3v) is 5.97. The lowest BCUT2D eigenvalue weighted by molar-refractivity contribution is 0.312. The van der Waals surface area contributed by atoms with Crippen molar-refractivity contribution in [1.29, 1.82) is 0 Å². The molecule has 2 aliphatic rings. The van der Waals surface area contributed by atoms with Crippen LogP contribution >= 0.6 is 0 Å². The predicted molar refractivity (Wildman–Crippen MR) is 127 cm³/mol. The Bertz CT molecular complexity index is 912. The van der Waals surface area contributed by atoms with Crippen molar-refractivity contribution in [2.24, 2.45) is 4.99 Å². The van der Waals surface area contributed by atoms with Gasteiger partial charge in [0.1, 0.15) is 5.82 Å². The first-order valence-corrected chi connectivity index (χ1v) is 11.4. The van der Waals surface area contributed by atoms with Crippen LogP contribution < -0.4 is 20.4 Å². The van der Waals surface area contributed by atoms with E-state index in [4.69, 9.17) is 4.99 Å². The van der Waals surface area contributed by atoms with Crippen LogP contribution in [0.25, 0.3) is 0 Å². The molecule has 2 aromatic heterocycles. The van der Waals surface area contributed by atoms with E-state index in [-0.39, 0.29) is 11.9 Å². The maximum atomic E-state index is 14.1. The van der Waals surface area contributed by atoms with E-state index in [9.17, 15) is 4.39 Å². The summed E-state index contributed by atoms with van der Waals surface area (Å²) in [6.07, 6.45) is 4.41. The number of guanidine groups is 1. The smallest absolute Gasteiger partial charge is 0.191 e. The molecule has 0 spiro atoms. The second kappa shape index (κ2) is 10.6. The van der Waals surface area contributed by atoms with Gasteiger partial charge in [-0.25, -0.2) is 19.4 Å². The number of piperazine rings is 1. The average Bonchev–Trinajstić information content (AvgIpc) is 3.27. The summed E-state index contributed by atoms with van der Waals surface area (Å²) in [5.74, 6) is 1.95. The van der Waals surface area contributed by atoms with Crippen molar-refractivity contribution in [3.05, 3.63) is 48.0 Å². The first kappa shape index (κ1) is 22.3. The standard InChI is InChI=1S/C23H33FN8/c1-3-25-23(29-19-7-10-32(17-19)22-20(24)5-4-8-27-22)28-16-18-6-9-26-21(15-18)31-13-11-30(2)12-14-31/h4-6,8-9,15,19H,3,7,10-14,16-17H2,1-2H3,(H2,25,28,29). The van der Waals surface area contributed by atoms with E-state index in [1.165, 1.54) is 6.07 Å². The van der Waals surface area contributed by atoms with Crippen molar-refractivity contribution in [1.82, 2.24) is 25.5 Å². The first-order valence-electron chi connectivity index (χ1n) is 11.4. The van der Waals surface area contributed by atoms with Crippen molar-refractivity contribution in [2.45, 2.75) is 25.9 Å². The average molecular weight is 441 g/mol. The highest BCUT2D eigenvalue weighted by molar-refractivity contribution is 5.80. The van der Waals surface area contributed by atoms with Gasteiger partial charge in [-0.1, -0.05) is 0 Å². The molecule has 0 radical (unpaired) electrons. The van der Waals surface area contributed by atoms with Gasteiger partial charge >= 0.3 is 0 Å².